The average molecular weight is 225 g/mol. The van der Waals surface area contributed by atoms with Crippen molar-refractivity contribution in [1.29, 1.82) is 0 Å². The lowest BCUT2D eigenvalue weighted by Crippen LogP contribution is -1.91. The molecule has 0 atom stereocenters. The van der Waals surface area contributed by atoms with Gasteiger partial charge in [-0.3, -0.25) is 0 Å². The summed E-state index contributed by atoms with van der Waals surface area (Å²) in [6.45, 7) is 8.55. The van der Waals surface area contributed by atoms with Crippen LogP contribution in [0.15, 0.2) is 22.9 Å². The molecule has 3 aromatic rings. The molecule has 0 unspecified atom stereocenters. The summed E-state index contributed by atoms with van der Waals surface area (Å²) in [6, 6.07) is 4.37. The topological polar surface area (TPSA) is 26.0 Å². The van der Waals surface area contributed by atoms with Gasteiger partial charge in [-0.1, -0.05) is 12.1 Å². The van der Waals surface area contributed by atoms with Gasteiger partial charge >= 0.3 is 0 Å². The number of hydrogen-bond donors (Lipinski definition) is 0. The second-order valence-electron chi connectivity index (χ2n) is 4.71. The lowest BCUT2D eigenvalue weighted by Gasteiger charge is -2.11. The molecule has 0 aliphatic rings. The van der Waals surface area contributed by atoms with E-state index in [-0.39, 0.29) is 0 Å². The van der Waals surface area contributed by atoms with Crippen LogP contribution >= 0.6 is 0 Å². The van der Waals surface area contributed by atoms with Crippen molar-refractivity contribution in [3.63, 3.8) is 0 Å². The van der Waals surface area contributed by atoms with Crippen molar-refractivity contribution in [3.8, 4) is 0 Å². The van der Waals surface area contributed by atoms with E-state index in [9.17, 15) is 0 Å². The highest BCUT2D eigenvalue weighted by atomic mass is 16.3. The van der Waals surface area contributed by atoms with E-state index in [1.807, 2.05) is 0 Å². The molecule has 1 aromatic heterocycles. The Morgan fingerprint density at radius 1 is 0.941 bits per heavy atom. The molecule has 0 saturated carbocycles. The van der Waals surface area contributed by atoms with Crippen LogP contribution in [-0.2, 0) is 0 Å². The number of rotatable bonds is 0. The fourth-order valence-electron chi connectivity index (χ4n) is 2.63. The third-order valence-corrected chi connectivity index (χ3v) is 3.78. The van der Waals surface area contributed by atoms with E-state index in [2.05, 4.69) is 44.8 Å². The number of nitrogens with zero attached hydrogens (tertiary/aromatic N) is 1. The predicted molar refractivity (Wildman–Crippen MR) is 70.5 cm³/mol. The Morgan fingerprint density at radius 2 is 1.71 bits per heavy atom. The lowest BCUT2D eigenvalue weighted by molar-refractivity contribution is 0.600. The van der Waals surface area contributed by atoms with Gasteiger partial charge in [0, 0.05) is 5.56 Å². The first-order valence-corrected chi connectivity index (χ1v) is 5.83. The zero-order valence-corrected chi connectivity index (χ0v) is 10.6. The Hall–Kier alpha value is -1.83. The average Bonchev–Trinajstić information content (AvgIpc) is 2.79. The number of oxazole rings is 1. The minimum atomic E-state index is 0.920. The predicted octanol–water partition coefficient (Wildman–Crippen LogP) is 4.21. The fraction of sp³-hybridized carbons (Fsp3) is 0.267. The summed E-state index contributed by atoms with van der Waals surface area (Å²) in [4.78, 5) is 4.31. The van der Waals surface area contributed by atoms with Crippen LogP contribution in [0, 0.1) is 27.7 Å². The molecule has 2 heteroatoms. The van der Waals surface area contributed by atoms with Crippen molar-refractivity contribution < 1.29 is 4.42 Å². The zero-order chi connectivity index (χ0) is 12.2. The molecule has 0 bridgehead atoms. The van der Waals surface area contributed by atoms with Crippen LogP contribution in [0.4, 0.5) is 0 Å². The van der Waals surface area contributed by atoms with Gasteiger partial charge in [-0.15, -0.1) is 0 Å². The van der Waals surface area contributed by atoms with Crippen molar-refractivity contribution in [2.75, 3.05) is 0 Å². The normalized spacial score (nSPS) is 11.5. The van der Waals surface area contributed by atoms with Crippen LogP contribution < -0.4 is 0 Å². The molecule has 0 aliphatic heterocycles. The van der Waals surface area contributed by atoms with Gasteiger partial charge in [0.1, 0.15) is 5.52 Å². The highest BCUT2D eigenvalue weighted by Gasteiger charge is 2.14. The summed E-state index contributed by atoms with van der Waals surface area (Å²) in [7, 11) is 0. The third-order valence-electron chi connectivity index (χ3n) is 3.78. The Bertz CT molecular complexity index is 738. The Kier molecular flexibility index (Phi) is 2.02. The van der Waals surface area contributed by atoms with Gasteiger partial charge in [-0.05, 0) is 55.2 Å². The SMILES string of the molecule is Cc1ccc2c(C)c3ncoc3c(C)c2c1C. The molecule has 0 saturated heterocycles. The molecular weight excluding hydrogens is 210 g/mol. The molecule has 0 radical (unpaired) electrons. The first-order chi connectivity index (χ1) is 8.11. The van der Waals surface area contributed by atoms with Crippen LogP contribution in [0.25, 0.3) is 21.9 Å². The lowest BCUT2D eigenvalue weighted by atomic mass is 9.93. The third kappa shape index (κ3) is 1.24. The molecule has 17 heavy (non-hydrogen) atoms. The van der Waals surface area contributed by atoms with E-state index >= 15 is 0 Å². The second-order valence-corrected chi connectivity index (χ2v) is 4.71. The summed E-state index contributed by atoms with van der Waals surface area (Å²) >= 11 is 0. The highest BCUT2D eigenvalue weighted by Crippen LogP contribution is 2.34. The molecule has 1 heterocycles. The maximum atomic E-state index is 5.52. The van der Waals surface area contributed by atoms with E-state index < -0.39 is 0 Å². The van der Waals surface area contributed by atoms with E-state index in [0.29, 0.717) is 0 Å². The smallest absolute Gasteiger partial charge is 0.182 e. The number of aromatic nitrogens is 1. The minimum Gasteiger partial charge on any atom is -0.443 e. The Balaban J connectivity index is 2.68. The number of fused-ring (bicyclic) bond motifs is 2. The molecule has 0 spiro atoms. The molecule has 2 nitrogen and oxygen atoms in total. The standard InChI is InChI=1S/C15H15NO/c1-8-5-6-12-10(3)14-15(17-7-16-14)11(4)13(12)9(8)2/h5-7H,1-4H3. The Labute approximate surface area is 100 Å². The molecular formula is C15H15NO. The van der Waals surface area contributed by atoms with E-state index in [0.717, 1.165) is 11.1 Å². The summed E-state index contributed by atoms with van der Waals surface area (Å²) in [5.74, 6) is 0. The molecule has 0 aliphatic carbocycles. The second kappa shape index (κ2) is 3.33. The minimum absolute atomic E-state index is 0.920. The van der Waals surface area contributed by atoms with Crippen LogP contribution in [0.1, 0.15) is 22.3 Å². The van der Waals surface area contributed by atoms with E-state index in [1.165, 1.54) is 39.4 Å². The van der Waals surface area contributed by atoms with E-state index in [1.54, 1.807) is 0 Å². The molecule has 2 aromatic carbocycles. The maximum absolute atomic E-state index is 5.52. The molecule has 0 amide bonds. The van der Waals surface area contributed by atoms with Crippen molar-refractivity contribution >= 4 is 21.9 Å². The fourth-order valence-corrected chi connectivity index (χ4v) is 2.63. The van der Waals surface area contributed by atoms with Crippen molar-refractivity contribution in [1.82, 2.24) is 4.98 Å². The first kappa shape index (κ1) is 10.3. The van der Waals surface area contributed by atoms with E-state index in [4.69, 9.17) is 4.42 Å². The van der Waals surface area contributed by atoms with Gasteiger partial charge in [-0.2, -0.15) is 0 Å². The van der Waals surface area contributed by atoms with Crippen molar-refractivity contribution in [2.45, 2.75) is 27.7 Å². The first-order valence-electron chi connectivity index (χ1n) is 5.83. The van der Waals surface area contributed by atoms with Crippen LogP contribution in [0.2, 0.25) is 0 Å². The number of benzene rings is 2. The van der Waals surface area contributed by atoms with Gasteiger partial charge < -0.3 is 4.42 Å². The summed E-state index contributed by atoms with van der Waals surface area (Å²) in [5, 5.41) is 2.60. The zero-order valence-electron chi connectivity index (χ0n) is 10.6. The van der Waals surface area contributed by atoms with Gasteiger partial charge in [0.25, 0.3) is 0 Å². The van der Waals surface area contributed by atoms with Crippen molar-refractivity contribution in [2.24, 2.45) is 0 Å². The van der Waals surface area contributed by atoms with Crippen LogP contribution in [-0.4, -0.2) is 4.98 Å². The summed E-state index contributed by atoms with van der Waals surface area (Å²) < 4.78 is 5.52. The monoisotopic (exact) mass is 225 g/mol. The largest absolute Gasteiger partial charge is 0.443 e. The number of aryl methyl sites for hydroxylation is 4. The van der Waals surface area contributed by atoms with Crippen molar-refractivity contribution in [3.05, 3.63) is 40.8 Å². The van der Waals surface area contributed by atoms with Gasteiger partial charge in [0.15, 0.2) is 12.0 Å². The Morgan fingerprint density at radius 3 is 2.47 bits per heavy atom. The maximum Gasteiger partial charge on any atom is 0.182 e. The molecule has 3 rings (SSSR count). The van der Waals surface area contributed by atoms with Gasteiger partial charge in [0.05, 0.1) is 0 Å². The summed E-state index contributed by atoms with van der Waals surface area (Å²) in [5.41, 5.74) is 6.96. The quantitative estimate of drug-likeness (QED) is 0.572. The molecule has 0 fully saturated rings. The number of hydrogen-bond acceptors (Lipinski definition) is 2. The summed E-state index contributed by atoms with van der Waals surface area (Å²) in [6.07, 6.45) is 1.53. The highest BCUT2D eigenvalue weighted by molar-refractivity contribution is 6.03. The van der Waals surface area contributed by atoms with Crippen LogP contribution in [0.5, 0.6) is 0 Å². The molecule has 86 valence electrons. The molecule has 0 N–H and O–H groups in total. The van der Waals surface area contributed by atoms with Crippen LogP contribution in [0.3, 0.4) is 0 Å². The van der Waals surface area contributed by atoms with Gasteiger partial charge in [-0.25, -0.2) is 4.98 Å². The van der Waals surface area contributed by atoms with Gasteiger partial charge in [0.2, 0.25) is 0 Å².